The largest absolute Gasteiger partial charge is 0.486 e. The minimum atomic E-state index is -0.334. The second-order valence-electron chi connectivity index (χ2n) is 6.55. The lowest BCUT2D eigenvalue weighted by Crippen LogP contribution is -2.22. The summed E-state index contributed by atoms with van der Waals surface area (Å²) < 4.78 is 8.47. The summed E-state index contributed by atoms with van der Waals surface area (Å²) in [4.78, 5) is 16.6. The zero-order valence-electron chi connectivity index (χ0n) is 15.9. The first kappa shape index (κ1) is 18.9. The van der Waals surface area contributed by atoms with Gasteiger partial charge in [-0.25, -0.2) is 9.78 Å². The van der Waals surface area contributed by atoms with Gasteiger partial charge in [-0.1, -0.05) is 54.1 Å². The molecule has 0 radical (unpaired) electrons. The number of aryl methyl sites for hydroxylation is 2. The van der Waals surface area contributed by atoms with Gasteiger partial charge in [0.1, 0.15) is 23.2 Å². The number of para-hydroxylation sites is 1. The Morgan fingerprint density at radius 2 is 1.76 bits per heavy atom. The molecule has 4 aromatic rings. The van der Waals surface area contributed by atoms with Gasteiger partial charge in [0.15, 0.2) is 0 Å². The Labute approximate surface area is 172 Å². The molecular formula is C21H18ClN5O2. The molecule has 0 amide bonds. The highest BCUT2D eigenvalue weighted by molar-refractivity contribution is 6.29. The molecule has 0 aliphatic carbocycles. The lowest BCUT2D eigenvalue weighted by atomic mass is 10.1. The van der Waals surface area contributed by atoms with Crippen LogP contribution < -0.4 is 10.4 Å². The number of rotatable bonds is 5. The second kappa shape index (κ2) is 7.89. The van der Waals surface area contributed by atoms with Crippen LogP contribution in [0.25, 0.3) is 16.9 Å². The van der Waals surface area contributed by atoms with Crippen LogP contribution in [-0.4, -0.2) is 24.8 Å². The summed E-state index contributed by atoms with van der Waals surface area (Å²) in [6.45, 7) is 2.27. The fourth-order valence-electron chi connectivity index (χ4n) is 2.95. The summed E-state index contributed by atoms with van der Waals surface area (Å²) in [6.07, 6.45) is 0. The van der Waals surface area contributed by atoms with Gasteiger partial charge in [0.25, 0.3) is 0 Å². The molecule has 2 heterocycles. The number of nitrogens with zero attached hydrogens (tertiary/aromatic N) is 5. The fourth-order valence-corrected chi connectivity index (χ4v) is 3.12. The molecule has 0 unspecified atom stereocenters. The van der Waals surface area contributed by atoms with Gasteiger partial charge in [0.05, 0.1) is 5.69 Å². The lowest BCUT2D eigenvalue weighted by Gasteiger charge is -2.13. The van der Waals surface area contributed by atoms with Gasteiger partial charge < -0.3 is 4.74 Å². The summed E-state index contributed by atoms with van der Waals surface area (Å²) in [6, 6.07) is 19.0. The Hall–Kier alpha value is -3.45. The maximum absolute atomic E-state index is 12.2. The van der Waals surface area contributed by atoms with Crippen molar-refractivity contribution in [3.05, 3.63) is 87.4 Å². The average Bonchev–Trinajstić information content (AvgIpc) is 3.06. The number of hydrogen-bond acceptors (Lipinski definition) is 5. The number of halogens is 1. The first-order valence-corrected chi connectivity index (χ1v) is 9.34. The van der Waals surface area contributed by atoms with Crippen molar-refractivity contribution in [2.75, 3.05) is 0 Å². The molecular weight excluding hydrogens is 390 g/mol. The van der Waals surface area contributed by atoms with Crippen molar-refractivity contribution in [3.63, 3.8) is 0 Å². The van der Waals surface area contributed by atoms with Crippen LogP contribution in [0.5, 0.6) is 5.75 Å². The highest BCUT2D eigenvalue weighted by atomic mass is 35.5. The molecule has 8 heteroatoms. The Morgan fingerprint density at radius 3 is 2.45 bits per heavy atom. The second-order valence-corrected chi connectivity index (χ2v) is 6.94. The van der Waals surface area contributed by atoms with Crippen LogP contribution in [0.1, 0.15) is 11.1 Å². The third-order valence-corrected chi connectivity index (χ3v) is 4.70. The molecule has 146 valence electrons. The zero-order valence-corrected chi connectivity index (χ0v) is 16.7. The van der Waals surface area contributed by atoms with Gasteiger partial charge >= 0.3 is 5.69 Å². The van der Waals surface area contributed by atoms with E-state index in [1.807, 2.05) is 55.5 Å². The van der Waals surface area contributed by atoms with Gasteiger partial charge in [-0.2, -0.15) is 9.36 Å². The number of pyridine rings is 1. The van der Waals surface area contributed by atoms with E-state index in [9.17, 15) is 4.79 Å². The standard InChI is InChI=1S/C21H18ClN5O2/c1-14-5-3-7-18(27-21(28)26(2)24-25-27)20(14)29-13-15-9-11-16(12-10-15)17-6-4-8-19(22)23-17/h3-12H,13H2,1-2H3. The lowest BCUT2D eigenvalue weighted by molar-refractivity contribution is 0.302. The van der Waals surface area contributed by atoms with E-state index in [0.717, 1.165) is 22.4 Å². The van der Waals surface area contributed by atoms with Crippen LogP contribution in [0.4, 0.5) is 0 Å². The number of aromatic nitrogens is 5. The van der Waals surface area contributed by atoms with Crippen molar-refractivity contribution >= 4 is 11.6 Å². The van der Waals surface area contributed by atoms with Crippen LogP contribution in [0, 0.1) is 6.92 Å². The van der Waals surface area contributed by atoms with Gasteiger partial charge in [-0.15, -0.1) is 0 Å². The smallest absolute Gasteiger partial charge is 0.368 e. The van der Waals surface area contributed by atoms with Gasteiger partial charge in [0.2, 0.25) is 0 Å². The number of hydrogen-bond donors (Lipinski definition) is 0. The average molecular weight is 408 g/mol. The molecule has 29 heavy (non-hydrogen) atoms. The van der Waals surface area contributed by atoms with Crippen LogP contribution in [0.3, 0.4) is 0 Å². The molecule has 2 aromatic carbocycles. The predicted molar refractivity (Wildman–Crippen MR) is 110 cm³/mol. The van der Waals surface area contributed by atoms with E-state index in [1.165, 1.54) is 9.36 Å². The molecule has 0 fully saturated rings. The van der Waals surface area contributed by atoms with E-state index in [0.29, 0.717) is 23.2 Å². The first-order valence-electron chi connectivity index (χ1n) is 8.96. The third kappa shape index (κ3) is 3.90. The Morgan fingerprint density at radius 1 is 1.00 bits per heavy atom. The van der Waals surface area contributed by atoms with Crippen molar-refractivity contribution in [1.29, 1.82) is 0 Å². The van der Waals surface area contributed by atoms with E-state index < -0.39 is 0 Å². The van der Waals surface area contributed by atoms with Crippen molar-refractivity contribution in [2.24, 2.45) is 7.05 Å². The maximum Gasteiger partial charge on any atom is 0.368 e. The van der Waals surface area contributed by atoms with Crippen LogP contribution >= 0.6 is 11.6 Å². The highest BCUT2D eigenvalue weighted by Crippen LogP contribution is 2.27. The minimum Gasteiger partial charge on any atom is -0.486 e. The molecule has 0 atom stereocenters. The Kier molecular flexibility index (Phi) is 5.14. The normalized spacial score (nSPS) is 10.9. The molecule has 0 saturated heterocycles. The highest BCUT2D eigenvalue weighted by Gasteiger charge is 2.14. The van der Waals surface area contributed by atoms with Crippen molar-refractivity contribution in [1.82, 2.24) is 24.8 Å². The number of tetrazole rings is 1. The molecule has 0 spiro atoms. The van der Waals surface area contributed by atoms with Crippen molar-refractivity contribution in [3.8, 4) is 22.7 Å². The monoisotopic (exact) mass is 407 g/mol. The fraction of sp³-hybridized carbons (Fsp3) is 0.143. The van der Waals surface area contributed by atoms with Gasteiger partial charge in [0, 0.05) is 12.6 Å². The number of benzene rings is 2. The summed E-state index contributed by atoms with van der Waals surface area (Å²) >= 11 is 5.97. The topological polar surface area (TPSA) is 74.8 Å². The third-order valence-electron chi connectivity index (χ3n) is 4.49. The van der Waals surface area contributed by atoms with E-state index in [4.69, 9.17) is 16.3 Å². The van der Waals surface area contributed by atoms with E-state index in [2.05, 4.69) is 15.4 Å². The van der Waals surface area contributed by atoms with Crippen LogP contribution in [0.2, 0.25) is 5.15 Å². The summed E-state index contributed by atoms with van der Waals surface area (Å²) in [5, 5.41) is 8.15. The Balaban J connectivity index is 1.57. The minimum absolute atomic E-state index is 0.334. The SMILES string of the molecule is Cc1cccc(-n2nnn(C)c2=O)c1OCc1ccc(-c2cccc(Cl)n2)cc1. The van der Waals surface area contributed by atoms with Crippen molar-refractivity contribution < 1.29 is 4.74 Å². The van der Waals surface area contributed by atoms with Crippen LogP contribution in [-0.2, 0) is 13.7 Å². The summed E-state index contributed by atoms with van der Waals surface area (Å²) in [7, 11) is 1.55. The zero-order chi connectivity index (χ0) is 20.4. The van der Waals surface area contributed by atoms with E-state index in [-0.39, 0.29) is 5.69 Å². The Bertz CT molecular complexity index is 1210. The first-order chi connectivity index (χ1) is 14.0. The molecule has 2 aromatic heterocycles. The molecule has 7 nitrogen and oxygen atoms in total. The molecule has 0 N–H and O–H groups in total. The van der Waals surface area contributed by atoms with E-state index in [1.54, 1.807) is 19.2 Å². The van der Waals surface area contributed by atoms with Crippen LogP contribution in [0.15, 0.2) is 65.5 Å². The summed E-state index contributed by atoms with van der Waals surface area (Å²) in [5.41, 5.74) is 3.89. The maximum atomic E-state index is 12.2. The quantitative estimate of drug-likeness (QED) is 0.473. The molecule has 0 aliphatic heterocycles. The summed E-state index contributed by atoms with van der Waals surface area (Å²) in [5.74, 6) is 0.593. The number of ether oxygens (including phenoxy) is 1. The van der Waals surface area contributed by atoms with Crippen molar-refractivity contribution in [2.45, 2.75) is 13.5 Å². The van der Waals surface area contributed by atoms with E-state index >= 15 is 0 Å². The van der Waals surface area contributed by atoms with Gasteiger partial charge in [-0.05, 0) is 46.7 Å². The predicted octanol–water partition coefficient (Wildman–Crippen LogP) is 3.57. The molecule has 4 rings (SSSR count). The molecule has 0 bridgehead atoms. The molecule has 0 saturated carbocycles. The van der Waals surface area contributed by atoms with Gasteiger partial charge in [-0.3, -0.25) is 0 Å². The molecule has 0 aliphatic rings.